The van der Waals surface area contributed by atoms with Gasteiger partial charge in [-0.2, -0.15) is 15.0 Å². The van der Waals surface area contributed by atoms with Crippen LogP contribution in [0.2, 0.25) is 0 Å². The smallest absolute Gasteiger partial charge is 0.122 e. The number of thiophene rings is 4. The zero-order chi connectivity index (χ0) is 65.3. The quantitative estimate of drug-likeness (QED) is 0.0376. The number of fused-ring (bicyclic) bond motifs is 7. The minimum Gasteiger partial charge on any atom is -0.184 e. The second-order valence-corrected chi connectivity index (χ2v) is 32.6. The van der Waals surface area contributed by atoms with E-state index in [-0.39, 0.29) is 0 Å². The molecule has 0 saturated heterocycles. The summed E-state index contributed by atoms with van der Waals surface area (Å²) in [6.07, 6.45) is 32.1. The monoisotopic (exact) mass is 1330 g/mol. The van der Waals surface area contributed by atoms with E-state index < -0.39 is 10.8 Å². The normalized spacial score (nSPS) is 13.5. The van der Waals surface area contributed by atoms with E-state index in [9.17, 15) is 0 Å². The second kappa shape index (κ2) is 30.9. The number of hydrogen-bond donors (Lipinski definition) is 0. The molecule has 0 spiro atoms. The summed E-state index contributed by atoms with van der Waals surface area (Å²) in [5.74, 6) is 0. The average Bonchev–Trinajstić information content (AvgIpc) is 1.51. The van der Waals surface area contributed by atoms with Gasteiger partial charge >= 0.3 is 0 Å². The van der Waals surface area contributed by atoms with E-state index >= 15 is 0 Å². The number of aryl methyl sites for hydroxylation is 7. The molecule has 3 nitrogen and oxygen atoms in total. The van der Waals surface area contributed by atoms with Crippen molar-refractivity contribution in [1.29, 1.82) is 0 Å². The molecule has 0 atom stereocenters. The maximum absolute atomic E-state index is 5.38. The van der Waals surface area contributed by atoms with Gasteiger partial charge < -0.3 is 0 Å². The molecule has 95 heavy (non-hydrogen) atoms. The zero-order valence-electron chi connectivity index (χ0n) is 58.1. The van der Waals surface area contributed by atoms with E-state index in [0.29, 0.717) is 0 Å². The van der Waals surface area contributed by atoms with E-state index in [0.717, 1.165) is 49.7 Å². The van der Waals surface area contributed by atoms with E-state index in [1.165, 1.54) is 263 Å². The SMILES string of the molecule is CCCCCCCCn1nc2c(-c3ccc(C)s3)ccc(-c3ccc(-c4cc5c(s4)-c4cc6c(cc4C5(c4ccc(CCCCCC)cc4)c4ccc(CCCCCC)cc4)-c4sc(C)cc4C6(c4ccc(CCCCCC)cc4)c4ccc(CCCCCC)cc4)s3)c2n1. The van der Waals surface area contributed by atoms with Crippen molar-refractivity contribution in [3.05, 3.63) is 234 Å². The van der Waals surface area contributed by atoms with Crippen LogP contribution in [0.15, 0.2) is 158 Å². The minimum atomic E-state index is -0.580. The summed E-state index contributed by atoms with van der Waals surface area (Å²) in [6.45, 7) is 16.9. The molecule has 0 radical (unpaired) electrons. The lowest BCUT2D eigenvalue weighted by atomic mass is 9.65. The van der Waals surface area contributed by atoms with Crippen LogP contribution >= 0.6 is 45.3 Å². The summed E-state index contributed by atoms with van der Waals surface area (Å²) < 4.78 is 0. The summed E-state index contributed by atoms with van der Waals surface area (Å²) in [5, 5.41) is 10.7. The standard InChI is InChI=1S/C88H101N3S4/c1-8-13-18-23-24-29-56-91-89-83-71(79-53-34-61(6)92-79)51-52-72(84(83)90-91)80-54-55-81(94-80)82-60-78-86(95-82)74-59-75-73(58-76(74)88(78,69-47-39-65(40-48-69)32-27-21-16-11-4)70-49-41-66(42-50-70)33-28-22-17-12-5)85-77(57-62(7)93-85)87(75,67-43-35-63(36-44-67)30-25-19-14-9-2)68-45-37-64(38-46-68)31-26-20-15-10-3/h34-55,57-60H,8-33,56H2,1-7H3. The molecule has 0 saturated carbocycles. The topological polar surface area (TPSA) is 30.7 Å². The lowest BCUT2D eigenvalue weighted by Gasteiger charge is -2.35. The van der Waals surface area contributed by atoms with Crippen molar-refractivity contribution in [3.8, 4) is 51.5 Å². The third-order valence-corrected chi connectivity index (χ3v) is 25.7. The molecule has 11 aromatic rings. The first-order valence-electron chi connectivity index (χ1n) is 37.1. The second-order valence-electron chi connectivity index (χ2n) is 27.9. The number of nitrogens with zero attached hydrogens (tertiary/aromatic N) is 3. The summed E-state index contributed by atoms with van der Waals surface area (Å²) in [6, 6.07) is 64.6. The fraction of sp³-hybridized carbons (Fsp3) is 0.409. The summed E-state index contributed by atoms with van der Waals surface area (Å²) >= 11 is 7.78. The van der Waals surface area contributed by atoms with Crippen molar-refractivity contribution < 1.29 is 0 Å². The molecule has 0 amide bonds. The van der Waals surface area contributed by atoms with Gasteiger partial charge in [-0.3, -0.25) is 0 Å². The third-order valence-electron chi connectivity index (χ3n) is 21.1. The van der Waals surface area contributed by atoms with Gasteiger partial charge in [0.05, 0.1) is 17.4 Å². The van der Waals surface area contributed by atoms with Crippen LogP contribution in [0.4, 0.5) is 0 Å². The van der Waals surface area contributed by atoms with Gasteiger partial charge in [-0.1, -0.05) is 253 Å². The highest BCUT2D eigenvalue weighted by atomic mass is 32.1. The Labute approximate surface area is 585 Å². The van der Waals surface area contributed by atoms with Gasteiger partial charge in [0.1, 0.15) is 11.0 Å². The summed E-state index contributed by atoms with van der Waals surface area (Å²) in [4.78, 5) is 12.6. The highest BCUT2D eigenvalue weighted by Gasteiger charge is 2.53. The van der Waals surface area contributed by atoms with Crippen LogP contribution in [-0.4, -0.2) is 15.0 Å². The van der Waals surface area contributed by atoms with Crippen molar-refractivity contribution in [2.45, 2.75) is 233 Å². The summed E-state index contributed by atoms with van der Waals surface area (Å²) in [7, 11) is 0. The van der Waals surface area contributed by atoms with E-state index in [2.05, 4.69) is 206 Å². The predicted molar refractivity (Wildman–Crippen MR) is 414 cm³/mol. The molecule has 7 heteroatoms. The Hall–Kier alpha value is -6.48. The largest absolute Gasteiger partial charge is 0.184 e. The molecule has 492 valence electrons. The van der Waals surface area contributed by atoms with E-state index in [4.69, 9.17) is 10.2 Å². The Morgan fingerprint density at radius 1 is 0.295 bits per heavy atom. The number of benzene rings is 6. The van der Waals surface area contributed by atoms with Gasteiger partial charge in [0.25, 0.3) is 0 Å². The number of aromatic nitrogens is 3. The van der Waals surface area contributed by atoms with Crippen LogP contribution in [0.3, 0.4) is 0 Å². The molecule has 5 aromatic heterocycles. The summed E-state index contributed by atoms with van der Waals surface area (Å²) in [5.41, 5.74) is 22.9. The van der Waals surface area contributed by atoms with Gasteiger partial charge in [0.2, 0.25) is 0 Å². The highest BCUT2D eigenvalue weighted by Crippen LogP contribution is 2.66. The van der Waals surface area contributed by atoms with E-state index in [1.54, 1.807) is 0 Å². The van der Waals surface area contributed by atoms with E-state index in [1.807, 2.05) is 50.1 Å². The number of unbranched alkanes of at least 4 members (excludes halogenated alkanes) is 17. The first-order valence-corrected chi connectivity index (χ1v) is 40.3. The van der Waals surface area contributed by atoms with Crippen LogP contribution in [0.25, 0.3) is 62.6 Å². The molecule has 2 aliphatic rings. The Bertz CT molecular complexity index is 4200. The highest BCUT2D eigenvalue weighted by molar-refractivity contribution is 7.25. The lowest BCUT2D eigenvalue weighted by Crippen LogP contribution is -2.30. The van der Waals surface area contributed by atoms with Crippen LogP contribution in [-0.2, 0) is 43.1 Å². The van der Waals surface area contributed by atoms with Crippen LogP contribution in [0.5, 0.6) is 0 Å². The Balaban J connectivity index is 1.00. The average molecular weight is 1330 g/mol. The first kappa shape index (κ1) is 67.1. The molecular weight excluding hydrogens is 1230 g/mol. The predicted octanol–water partition coefficient (Wildman–Crippen LogP) is 26.9. The lowest BCUT2D eigenvalue weighted by molar-refractivity contribution is 0.488. The molecule has 0 N–H and O–H groups in total. The molecule has 13 rings (SSSR count). The van der Waals surface area contributed by atoms with Crippen molar-refractivity contribution in [1.82, 2.24) is 15.0 Å². The Morgan fingerprint density at radius 2 is 0.663 bits per heavy atom. The molecule has 0 aliphatic heterocycles. The van der Waals surface area contributed by atoms with Gasteiger partial charge in [-0.25, -0.2) is 0 Å². The first-order chi connectivity index (χ1) is 46.7. The van der Waals surface area contributed by atoms with Gasteiger partial charge in [0.15, 0.2) is 0 Å². The van der Waals surface area contributed by atoms with Gasteiger partial charge in [-0.15, -0.1) is 45.3 Å². The molecule has 2 aliphatic carbocycles. The van der Waals surface area contributed by atoms with Crippen molar-refractivity contribution in [2.24, 2.45) is 0 Å². The molecule has 0 unspecified atom stereocenters. The van der Waals surface area contributed by atoms with Crippen LogP contribution in [0, 0.1) is 13.8 Å². The fourth-order valence-corrected chi connectivity index (χ4v) is 20.3. The number of hydrogen-bond acceptors (Lipinski definition) is 6. The van der Waals surface area contributed by atoms with Gasteiger partial charge in [0, 0.05) is 50.1 Å². The maximum atomic E-state index is 5.38. The number of rotatable bonds is 34. The van der Waals surface area contributed by atoms with Crippen LogP contribution < -0.4 is 0 Å². The molecular formula is C88H101N3S4. The Kier molecular flexibility index (Phi) is 21.9. The molecule has 6 aromatic carbocycles. The van der Waals surface area contributed by atoms with Crippen LogP contribution in [0.1, 0.15) is 252 Å². The Morgan fingerprint density at radius 3 is 1.08 bits per heavy atom. The molecule has 5 heterocycles. The molecule has 0 bridgehead atoms. The minimum absolute atomic E-state index is 0.515. The third kappa shape index (κ3) is 13.7. The van der Waals surface area contributed by atoms with Crippen molar-refractivity contribution >= 4 is 56.4 Å². The van der Waals surface area contributed by atoms with Crippen molar-refractivity contribution in [3.63, 3.8) is 0 Å². The van der Waals surface area contributed by atoms with Gasteiger partial charge in [-0.05, 0) is 198 Å². The fourth-order valence-electron chi connectivity index (χ4n) is 15.9. The molecule has 0 fully saturated rings. The maximum Gasteiger partial charge on any atom is 0.122 e. The zero-order valence-corrected chi connectivity index (χ0v) is 61.3. The van der Waals surface area contributed by atoms with Crippen molar-refractivity contribution in [2.75, 3.05) is 0 Å².